The Morgan fingerprint density at radius 2 is 1.92 bits per heavy atom. The van der Waals surface area contributed by atoms with Gasteiger partial charge in [0.25, 0.3) is 11.1 Å². The first-order valence-corrected chi connectivity index (χ1v) is 9.31. The van der Waals surface area contributed by atoms with Crippen molar-refractivity contribution in [3.05, 3.63) is 70.1 Å². The molecule has 0 amide bonds. The van der Waals surface area contributed by atoms with Crippen molar-refractivity contribution in [3.63, 3.8) is 0 Å². The minimum Gasteiger partial charge on any atom is -0.484 e. The van der Waals surface area contributed by atoms with Crippen molar-refractivity contribution in [2.45, 2.75) is 25.7 Å². The molecule has 0 saturated heterocycles. The molecule has 0 atom stereocenters. The van der Waals surface area contributed by atoms with Crippen LogP contribution in [0, 0.1) is 13.8 Å². The van der Waals surface area contributed by atoms with E-state index in [4.69, 9.17) is 20.8 Å². The molecule has 3 rings (SSSR count). The summed E-state index contributed by atoms with van der Waals surface area (Å²) in [4.78, 5) is 12.1. The van der Waals surface area contributed by atoms with Crippen LogP contribution in [0.1, 0.15) is 27.4 Å². The Kier molecular flexibility index (Phi) is 5.96. The molecule has 1 heterocycles. The molecule has 7 heteroatoms. The normalized spacial score (nSPS) is 10.7. The minimum absolute atomic E-state index is 0.0296. The molecule has 0 fully saturated rings. The van der Waals surface area contributed by atoms with Gasteiger partial charge in [0.15, 0.2) is 12.4 Å². The smallest absolute Gasteiger partial charge is 0.277 e. The van der Waals surface area contributed by atoms with E-state index in [9.17, 15) is 4.79 Å². The van der Waals surface area contributed by atoms with Crippen molar-refractivity contribution in [3.8, 4) is 5.75 Å². The quantitative estimate of drug-likeness (QED) is 0.424. The number of ether oxygens (including phenoxy) is 1. The minimum atomic E-state index is -0.0296. The Morgan fingerprint density at radius 3 is 2.69 bits per heavy atom. The standard InChI is InChI=1S/C19H17ClN2O3S/c1-12-3-4-13(2)17(9-12)24-10-18-21-22-19(25-18)26-11-16(23)14-5-7-15(20)8-6-14/h3-9H,10-11H2,1-2H3. The monoisotopic (exact) mass is 388 g/mol. The Balaban J connectivity index is 1.53. The highest BCUT2D eigenvalue weighted by molar-refractivity contribution is 7.99. The molecule has 2 aromatic carbocycles. The SMILES string of the molecule is Cc1ccc(C)c(OCc2nnc(SCC(=O)c3ccc(Cl)cc3)o2)c1. The Labute approximate surface area is 160 Å². The number of benzene rings is 2. The van der Waals surface area contributed by atoms with Crippen LogP contribution in [0.4, 0.5) is 0 Å². The number of aromatic nitrogens is 2. The number of ketones is 1. The lowest BCUT2D eigenvalue weighted by atomic mass is 10.1. The molecule has 0 aliphatic heterocycles. The molecule has 0 N–H and O–H groups in total. The molecular formula is C19H17ClN2O3S. The van der Waals surface area contributed by atoms with Gasteiger partial charge >= 0.3 is 0 Å². The lowest BCUT2D eigenvalue weighted by Gasteiger charge is -2.07. The molecule has 0 aliphatic carbocycles. The molecule has 0 saturated carbocycles. The molecule has 1 aromatic heterocycles. The van der Waals surface area contributed by atoms with Crippen LogP contribution in [0.2, 0.25) is 5.02 Å². The third kappa shape index (κ3) is 4.86. The fourth-order valence-electron chi connectivity index (χ4n) is 2.20. The van der Waals surface area contributed by atoms with Crippen molar-refractivity contribution in [2.75, 3.05) is 5.75 Å². The van der Waals surface area contributed by atoms with Crippen molar-refractivity contribution >= 4 is 29.1 Å². The van der Waals surface area contributed by atoms with E-state index in [0.717, 1.165) is 16.9 Å². The van der Waals surface area contributed by atoms with Gasteiger partial charge in [-0.2, -0.15) is 0 Å². The van der Waals surface area contributed by atoms with Crippen LogP contribution < -0.4 is 4.74 Å². The summed E-state index contributed by atoms with van der Waals surface area (Å²) in [5, 5.41) is 8.83. The number of hydrogen-bond donors (Lipinski definition) is 0. The van der Waals surface area contributed by atoms with Crippen LogP contribution in [-0.2, 0) is 6.61 Å². The first-order valence-electron chi connectivity index (χ1n) is 7.95. The van der Waals surface area contributed by atoms with Crippen LogP contribution >= 0.6 is 23.4 Å². The fraction of sp³-hybridized carbons (Fsp3) is 0.211. The van der Waals surface area contributed by atoms with Crippen LogP contribution in [0.25, 0.3) is 0 Å². The summed E-state index contributed by atoms with van der Waals surface area (Å²) < 4.78 is 11.3. The number of aryl methyl sites for hydroxylation is 2. The zero-order valence-corrected chi connectivity index (χ0v) is 15.9. The van der Waals surface area contributed by atoms with E-state index < -0.39 is 0 Å². The maximum atomic E-state index is 12.1. The topological polar surface area (TPSA) is 65.2 Å². The zero-order valence-electron chi connectivity index (χ0n) is 14.4. The first kappa shape index (κ1) is 18.5. The first-order chi connectivity index (χ1) is 12.5. The number of rotatable bonds is 7. The van der Waals surface area contributed by atoms with Crippen molar-refractivity contribution < 1.29 is 13.9 Å². The maximum Gasteiger partial charge on any atom is 0.277 e. The number of hydrogen-bond acceptors (Lipinski definition) is 6. The number of Topliss-reactive ketones (excluding diaryl/α,β-unsaturated/α-hetero) is 1. The number of carbonyl (C=O) groups is 1. The van der Waals surface area contributed by atoms with Gasteiger partial charge in [0, 0.05) is 10.6 Å². The summed E-state index contributed by atoms with van der Waals surface area (Å²) in [6.45, 7) is 4.17. The number of nitrogens with zero attached hydrogens (tertiary/aromatic N) is 2. The summed E-state index contributed by atoms with van der Waals surface area (Å²) in [5.74, 6) is 1.34. The van der Waals surface area contributed by atoms with Gasteiger partial charge in [-0.05, 0) is 55.3 Å². The van der Waals surface area contributed by atoms with E-state index in [-0.39, 0.29) is 18.1 Å². The average Bonchev–Trinajstić information content (AvgIpc) is 3.09. The second-order valence-corrected chi connectivity index (χ2v) is 7.10. The third-order valence-electron chi connectivity index (χ3n) is 3.64. The Hall–Kier alpha value is -2.31. The molecule has 134 valence electrons. The predicted octanol–water partition coefficient (Wildman–Crippen LogP) is 4.89. The Morgan fingerprint density at radius 1 is 1.15 bits per heavy atom. The molecule has 0 bridgehead atoms. The molecule has 0 unspecified atom stereocenters. The van der Waals surface area contributed by atoms with Gasteiger partial charge in [0.2, 0.25) is 0 Å². The van der Waals surface area contributed by atoms with Crippen molar-refractivity contribution in [1.29, 1.82) is 0 Å². The largest absolute Gasteiger partial charge is 0.484 e. The van der Waals surface area contributed by atoms with Gasteiger partial charge in [-0.3, -0.25) is 4.79 Å². The second kappa shape index (κ2) is 8.38. The van der Waals surface area contributed by atoms with E-state index in [1.54, 1.807) is 24.3 Å². The predicted molar refractivity (Wildman–Crippen MR) is 101 cm³/mol. The summed E-state index contributed by atoms with van der Waals surface area (Å²) in [6, 6.07) is 12.8. The Bertz CT molecular complexity index is 909. The molecule has 26 heavy (non-hydrogen) atoms. The summed E-state index contributed by atoms with van der Waals surface area (Å²) >= 11 is 7.02. The van der Waals surface area contributed by atoms with Gasteiger partial charge in [-0.15, -0.1) is 10.2 Å². The lowest BCUT2D eigenvalue weighted by molar-refractivity contribution is 0.102. The highest BCUT2D eigenvalue weighted by atomic mass is 35.5. The number of carbonyl (C=O) groups excluding carboxylic acids is 1. The van der Waals surface area contributed by atoms with Crippen molar-refractivity contribution in [1.82, 2.24) is 10.2 Å². The lowest BCUT2D eigenvalue weighted by Crippen LogP contribution is -2.01. The van der Waals surface area contributed by atoms with Crippen LogP contribution in [0.15, 0.2) is 52.1 Å². The molecular weight excluding hydrogens is 372 g/mol. The summed E-state index contributed by atoms with van der Waals surface area (Å²) in [5.41, 5.74) is 2.76. The van der Waals surface area contributed by atoms with Gasteiger partial charge < -0.3 is 9.15 Å². The van der Waals surface area contributed by atoms with Crippen LogP contribution in [0.3, 0.4) is 0 Å². The second-order valence-electron chi connectivity index (χ2n) is 5.74. The van der Waals surface area contributed by atoms with Gasteiger partial charge in [0.05, 0.1) is 5.75 Å². The summed E-state index contributed by atoms with van der Waals surface area (Å²) in [7, 11) is 0. The number of thioether (sulfide) groups is 1. The van der Waals surface area contributed by atoms with Gasteiger partial charge in [0.1, 0.15) is 5.75 Å². The van der Waals surface area contributed by atoms with E-state index >= 15 is 0 Å². The van der Waals surface area contributed by atoms with E-state index in [1.807, 2.05) is 32.0 Å². The van der Waals surface area contributed by atoms with E-state index in [1.165, 1.54) is 11.8 Å². The third-order valence-corrected chi connectivity index (χ3v) is 4.71. The highest BCUT2D eigenvalue weighted by Crippen LogP contribution is 2.22. The van der Waals surface area contributed by atoms with Crippen LogP contribution in [-0.4, -0.2) is 21.7 Å². The molecule has 5 nitrogen and oxygen atoms in total. The molecule has 3 aromatic rings. The molecule has 0 aliphatic rings. The van der Waals surface area contributed by atoms with Gasteiger partial charge in [-0.1, -0.05) is 35.5 Å². The average molecular weight is 389 g/mol. The maximum absolute atomic E-state index is 12.1. The zero-order chi connectivity index (χ0) is 18.5. The van der Waals surface area contributed by atoms with Gasteiger partial charge in [-0.25, -0.2) is 0 Å². The molecule has 0 spiro atoms. The van der Waals surface area contributed by atoms with E-state index in [2.05, 4.69) is 10.2 Å². The number of halogens is 1. The van der Waals surface area contributed by atoms with Crippen LogP contribution in [0.5, 0.6) is 5.75 Å². The molecule has 0 radical (unpaired) electrons. The fourth-order valence-corrected chi connectivity index (χ4v) is 3.00. The van der Waals surface area contributed by atoms with Crippen molar-refractivity contribution in [2.24, 2.45) is 0 Å². The van der Waals surface area contributed by atoms with E-state index in [0.29, 0.717) is 21.7 Å². The summed E-state index contributed by atoms with van der Waals surface area (Å²) in [6.07, 6.45) is 0. The highest BCUT2D eigenvalue weighted by Gasteiger charge is 2.12.